The molecule has 0 amide bonds. The summed E-state index contributed by atoms with van der Waals surface area (Å²) in [6.07, 6.45) is -1.31. The zero-order valence-corrected chi connectivity index (χ0v) is 19.6. The van der Waals surface area contributed by atoms with Gasteiger partial charge in [0.25, 0.3) is 0 Å². The Kier molecular flexibility index (Phi) is 11.0. The summed E-state index contributed by atoms with van der Waals surface area (Å²) in [6.45, 7) is 11.3. The van der Waals surface area contributed by atoms with E-state index in [0.717, 1.165) is 37.8 Å². The van der Waals surface area contributed by atoms with Crippen molar-refractivity contribution in [3.8, 4) is 5.88 Å². The third kappa shape index (κ3) is 12.4. The van der Waals surface area contributed by atoms with Crippen molar-refractivity contribution in [2.24, 2.45) is 5.92 Å². The van der Waals surface area contributed by atoms with Crippen LogP contribution in [0.15, 0.2) is 42.5 Å². The quantitative estimate of drug-likeness (QED) is 0.417. The minimum absolute atomic E-state index is 0.211. The number of aryl methyl sites for hydroxylation is 3. The Morgan fingerprint density at radius 1 is 0.968 bits per heavy atom. The summed E-state index contributed by atoms with van der Waals surface area (Å²) in [4.78, 5) is 4.45. The van der Waals surface area contributed by atoms with Crippen LogP contribution in [-0.4, -0.2) is 30.0 Å². The van der Waals surface area contributed by atoms with E-state index in [9.17, 15) is 13.2 Å². The van der Waals surface area contributed by atoms with Gasteiger partial charge in [-0.05, 0) is 64.2 Å². The zero-order chi connectivity index (χ0) is 23.5. The summed E-state index contributed by atoms with van der Waals surface area (Å²) in [5, 5.41) is 0. The molecule has 31 heavy (non-hydrogen) atoms. The standard InChI is InChI=1S/C18H23NO.C7H13F3O/c1-14-12-16(11-10-15-8-6-5-7-9-15)13-17(19-14)20-18(2,3)4;1-3-4-11-5-6(2)7(8,9)10/h5-9,12-13H,10-11H2,1-4H3;6H,3-5H2,1-2H3. The van der Waals surface area contributed by atoms with Crippen molar-refractivity contribution in [1.82, 2.24) is 4.98 Å². The SMILES string of the molecule is CCCOCC(C)C(F)(F)F.Cc1cc(CCc2ccccc2)cc(OC(C)(C)C)n1. The van der Waals surface area contributed by atoms with E-state index < -0.39 is 12.1 Å². The van der Waals surface area contributed by atoms with E-state index in [2.05, 4.69) is 47.4 Å². The van der Waals surface area contributed by atoms with Crippen LogP contribution in [0.5, 0.6) is 5.88 Å². The average Bonchev–Trinajstić information content (AvgIpc) is 2.65. The number of alkyl halides is 3. The molecule has 0 radical (unpaired) electrons. The molecule has 3 nitrogen and oxygen atoms in total. The van der Waals surface area contributed by atoms with Gasteiger partial charge in [-0.1, -0.05) is 44.2 Å². The maximum Gasteiger partial charge on any atom is 0.393 e. The molecular formula is C25H36F3NO2. The van der Waals surface area contributed by atoms with Gasteiger partial charge in [-0.15, -0.1) is 0 Å². The van der Waals surface area contributed by atoms with Crippen molar-refractivity contribution in [2.45, 2.75) is 72.6 Å². The van der Waals surface area contributed by atoms with Crippen LogP contribution in [-0.2, 0) is 17.6 Å². The van der Waals surface area contributed by atoms with Crippen LogP contribution < -0.4 is 4.74 Å². The van der Waals surface area contributed by atoms with E-state index >= 15 is 0 Å². The summed E-state index contributed by atoms with van der Waals surface area (Å²) in [5.74, 6) is -0.630. The molecule has 1 aromatic heterocycles. The molecule has 0 bridgehead atoms. The lowest BCUT2D eigenvalue weighted by atomic mass is 10.0. The fraction of sp³-hybridized carbons (Fsp3) is 0.560. The molecule has 0 aliphatic carbocycles. The van der Waals surface area contributed by atoms with Crippen molar-refractivity contribution in [2.75, 3.05) is 13.2 Å². The number of benzene rings is 1. The molecule has 2 aromatic rings. The van der Waals surface area contributed by atoms with Gasteiger partial charge in [0.2, 0.25) is 5.88 Å². The van der Waals surface area contributed by atoms with E-state index in [-0.39, 0.29) is 12.2 Å². The van der Waals surface area contributed by atoms with Gasteiger partial charge in [-0.25, -0.2) is 4.98 Å². The van der Waals surface area contributed by atoms with Crippen LogP contribution >= 0.6 is 0 Å². The predicted octanol–water partition coefficient (Wildman–Crippen LogP) is 6.96. The van der Waals surface area contributed by atoms with Gasteiger partial charge in [0.05, 0.1) is 12.5 Å². The molecule has 6 heteroatoms. The molecule has 0 saturated heterocycles. The molecular weight excluding hydrogens is 403 g/mol. The number of hydrogen-bond donors (Lipinski definition) is 0. The maximum atomic E-state index is 11.8. The molecule has 2 rings (SSSR count). The molecule has 0 spiro atoms. The minimum atomic E-state index is -4.12. The number of hydrogen-bond acceptors (Lipinski definition) is 3. The van der Waals surface area contributed by atoms with Crippen LogP contribution in [0.4, 0.5) is 13.2 Å². The second kappa shape index (κ2) is 12.7. The van der Waals surface area contributed by atoms with Crippen molar-refractivity contribution in [3.63, 3.8) is 0 Å². The fourth-order valence-corrected chi connectivity index (χ4v) is 2.65. The number of pyridine rings is 1. The molecule has 0 fully saturated rings. The first-order valence-electron chi connectivity index (χ1n) is 10.8. The zero-order valence-electron chi connectivity index (χ0n) is 19.6. The summed E-state index contributed by atoms with van der Waals surface area (Å²) < 4.78 is 46.0. The highest BCUT2D eigenvalue weighted by Gasteiger charge is 2.35. The third-order valence-electron chi connectivity index (χ3n) is 4.22. The molecule has 0 saturated carbocycles. The van der Waals surface area contributed by atoms with Crippen LogP contribution in [0.1, 0.15) is 57.9 Å². The number of rotatable bonds is 8. The van der Waals surface area contributed by atoms with E-state index in [1.807, 2.05) is 34.6 Å². The molecule has 0 aliphatic rings. The first-order chi connectivity index (χ1) is 14.4. The minimum Gasteiger partial charge on any atom is -0.472 e. The van der Waals surface area contributed by atoms with Gasteiger partial charge in [0.1, 0.15) is 5.60 Å². The largest absolute Gasteiger partial charge is 0.472 e. The van der Waals surface area contributed by atoms with Crippen LogP contribution in [0.2, 0.25) is 0 Å². The van der Waals surface area contributed by atoms with E-state index in [4.69, 9.17) is 9.47 Å². The molecule has 0 aliphatic heterocycles. The first kappa shape index (κ1) is 27.0. The van der Waals surface area contributed by atoms with Gasteiger partial charge in [0.15, 0.2) is 0 Å². The summed E-state index contributed by atoms with van der Waals surface area (Å²) in [6, 6.07) is 14.7. The molecule has 1 heterocycles. The van der Waals surface area contributed by atoms with E-state index in [0.29, 0.717) is 6.61 Å². The normalized spacial score (nSPS) is 12.7. The van der Waals surface area contributed by atoms with Crippen molar-refractivity contribution >= 4 is 0 Å². The lowest BCUT2D eigenvalue weighted by Gasteiger charge is -2.21. The van der Waals surface area contributed by atoms with Crippen molar-refractivity contribution in [1.29, 1.82) is 0 Å². The van der Waals surface area contributed by atoms with Crippen LogP contribution in [0, 0.1) is 12.8 Å². The number of halogens is 3. The fourth-order valence-electron chi connectivity index (χ4n) is 2.65. The number of ether oxygens (including phenoxy) is 2. The first-order valence-corrected chi connectivity index (χ1v) is 10.8. The van der Waals surface area contributed by atoms with Gasteiger partial charge >= 0.3 is 6.18 Å². The highest BCUT2D eigenvalue weighted by atomic mass is 19.4. The number of nitrogens with zero attached hydrogens (tertiary/aromatic N) is 1. The predicted molar refractivity (Wildman–Crippen MR) is 120 cm³/mol. The lowest BCUT2D eigenvalue weighted by Crippen LogP contribution is -2.24. The molecule has 1 aromatic carbocycles. The Morgan fingerprint density at radius 2 is 1.58 bits per heavy atom. The Labute approximate surface area is 185 Å². The van der Waals surface area contributed by atoms with Crippen molar-refractivity contribution in [3.05, 3.63) is 59.3 Å². The molecule has 174 valence electrons. The average molecular weight is 440 g/mol. The number of aromatic nitrogens is 1. The van der Waals surface area contributed by atoms with Gasteiger partial charge in [-0.3, -0.25) is 0 Å². The molecule has 1 atom stereocenters. The second-order valence-electron chi connectivity index (χ2n) is 8.67. The monoisotopic (exact) mass is 439 g/mol. The Hall–Kier alpha value is -2.08. The van der Waals surface area contributed by atoms with Gasteiger partial charge in [-0.2, -0.15) is 13.2 Å². The van der Waals surface area contributed by atoms with Gasteiger partial charge < -0.3 is 9.47 Å². The Morgan fingerprint density at radius 3 is 2.13 bits per heavy atom. The molecule has 0 N–H and O–H groups in total. The highest BCUT2D eigenvalue weighted by Crippen LogP contribution is 2.25. The summed E-state index contributed by atoms with van der Waals surface area (Å²) in [7, 11) is 0. The van der Waals surface area contributed by atoms with E-state index in [1.165, 1.54) is 11.1 Å². The Bertz CT molecular complexity index is 756. The third-order valence-corrected chi connectivity index (χ3v) is 4.22. The van der Waals surface area contributed by atoms with Crippen LogP contribution in [0.25, 0.3) is 0 Å². The highest BCUT2D eigenvalue weighted by molar-refractivity contribution is 5.26. The summed E-state index contributed by atoms with van der Waals surface area (Å²) in [5.41, 5.74) is 3.44. The molecule has 1 unspecified atom stereocenters. The van der Waals surface area contributed by atoms with Crippen LogP contribution in [0.3, 0.4) is 0 Å². The van der Waals surface area contributed by atoms with E-state index in [1.54, 1.807) is 0 Å². The Balaban J connectivity index is 0.000000373. The van der Waals surface area contributed by atoms with Crippen molar-refractivity contribution < 1.29 is 22.6 Å². The second-order valence-corrected chi connectivity index (χ2v) is 8.67. The topological polar surface area (TPSA) is 31.4 Å². The summed E-state index contributed by atoms with van der Waals surface area (Å²) >= 11 is 0. The maximum absolute atomic E-state index is 11.8. The smallest absolute Gasteiger partial charge is 0.393 e. The lowest BCUT2D eigenvalue weighted by molar-refractivity contribution is -0.182. The van der Waals surface area contributed by atoms with Gasteiger partial charge in [0, 0.05) is 18.4 Å².